The van der Waals surface area contributed by atoms with Gasteiger partial charge >= 0.3 is 0 Å². The molecule has 2 unspecified atom stereocenters. The summed E-state index contributed by atoms with van der Waals surface area (Å²) in [6.45, 7) is 10.1. The third-order valence-corrected chi connectivity index (χ3v) is 3.31. The number of aliphatic hydroxyl groups is 1. The lowest BCUT2D eigenvalue weighted by Crippen LogP contribution is -2.34. The summed E-state index contributed by atoms with van der Waals surface area (Å²) in [4.78, 5) is 0. The van der Waals surface area contributed by atoms with Gasteiger partial charge in [-0.15, -0.1) is 0 Å². The molecule has 1 rings (SSSR count). The topological polar surface area (TPSA) is 41.5 Å². The molecule has 0 aromatic carbocycles. The summed E-state index contributed by atoms with van der Waals surface area (Å²) in [7, 11) is 0. The molecular weight excluding hydrogens is 202 g/mol. The number of hydrogen-bond acceptors (Lipinski definition) is 3. The van der Waals surface area contributed by atoms with Crippen LogP contribution >= 0.6 is 0 Å². The van der Waals surface area contributed by atoms with E-state index in [1.54, 1.807) is 0 Å². The van der Waals surface area contributed by atoms with E-state index < -0.39 is 5.60 Å². The molecule has 1 aliphatic rings. The van der Waals surface area contributed by atoms with Crippen molar-refractivity contribution in [2.24, 2.45) is 0 Å². The molecule has 2 atom stereocenters. The van der Waals surface area contributed by atoms with Crippen LogP contribution in [0, 0.1) is 0 Å². The summed E-state index contributed by atoms with van der Waals surface area (Å²) in [6, 6.07) is 0. The second kappa shape index (κ2) is 5.48. The largest absolute Gasteiger partial charge is 0.390 e. The van der Waals surface area contributed by atoms with Crippen LogP contribution in [0.25, 0.3) is 0 Å². The molecule has 2 N–H and O–H groups in total. The summed E-state index contributed by atoms with van der Waals surface area (Å²) in [5.74, 6) is 0. The fourth-order valence-electron chi connectivity index (χ4n) is 2.35. The zero-order valence-corrected chi connectivity index (χ0v) is 11.2. The van der Waals surface area contributed by atoms with E-state index in [9.17, 15) is 5.11 Å². The molecule has 1 heterocycles. The highest BCUT2D eigenvalue weighted by Crippen LogP contribution is 2.33. The predicted molar refractivity (Wildman–Crippen MR) is 66.6 cm³/mol. The van der Waals surface area contributed by atoms with Gasteiger partial charge in [0, 0.05) is 6.42 Å². The fraction of sp³-hybridized carbons (Fsp3) is 1.00. The minimum atomic E-state index is -0.604. The van der Waals surface area contributed by atoms with Crippen LogP contribution < -0.4 is 5.32 Å². The molecule has 0 aromatic heterocycles. The van der Waals surface area contributed by atoms with Gasteiger partial charge in [-0.25, -0.2) is 0 Å². The van der Waals surface area contributed by atoms with Crippen molar-refractivity contribution in [3.05, 3.63) is 0 Å². The molecule has 0 radical (unpaired) electrons. The van der Waals surface area contributed by atoms with Crippen molar-refractivity contribution in [1.82, 2.24) is 5.32 Å². The maximum absolute atomic E-state index is 10.3. The van der Waals surface area contributed by atoms with E-state index in [1.165, 1.54) is 0 Å². The minimum absolute atomic E-state index is 0.00240. The van der Waals surface area contributed by atoms with Crippen LogP contribution in [-0.2, 0) is 4.74 Å². The Kier molecular flexibility index (Phi) is 4.77. The van der Waals surface area contributed by atoms with Crippen molar-refractivity contribution in [1.29, 1.82) is 0 Å². The molecule has 16 heavy (non-hydrogen) atoms. The first-order chi connectivity index (χ1) is 7.35. The van der Waals surface area contributed by atoms with Crippen molar-refractivity contribution in [2.75, 3.05) is 13.1 Å². The van der Waals surface area contributed by atoms with Crippen molar-refractivity contribution < 1.29 is 9.84 Å². The Bertz CT molecular complexity index is 214. The first-order valence-corrected chi connectivity index (χ1v) is 6.45. The predicted octanol–water partition coefficient (Wildman–Crippen LogP) is 2.08. The highest BCUT2D eigenvalue weighted by Gasteiger charge is 2.35. The maximum Gasteiger partial charge on any atom is 0.0656 e. The number of ether oxygens (including phenoxy) is 1. The molecule has 1 fully saturated rings. The van der Waals surface area contributed by atoms with E-state index in [-0.39, 0.29) is 11.7 Å². The van der Waals surface area contributed by atoms with Crippen LogP contribution in [0.15, 0.2) is 0 Å². The third kappa shape index (κ3) is 4.81. The summed E-state index contributed by atoms with van der Waals surface area (Å²) >= 11 is 0. The van der Waals surface area contributed by atoms with E-state index in [0.717, 1.165) is 38.8 Å². The van der Waals surface area contributed by atoms with Gasteiger partial charge < -0.3 is 15.2 Å². The van der Waals surface area contributed by atoms with E-state index in [4.69, 9.17) is 4.74 Å². The van der Waals surface area contributed by atoms with Crippen molar-refractivity contribution in [2.45, 2.75) is 70.7 Å². The maximum atomic E-state index is 10.3. The SMILES string of the molecule is CCNCCC(C)(O)CC1CCC(C)(C)O1. The minimum Gasteiger partial charge on any atom is -0.390 e. The average molecular weight is 229 g/mol. The molecule has 0 saturated carbocycles. The zero-order valence-electron chi connectivity index (χ0n) is 11.2. The molecule has 0 aliphatic carbocycles. The van der Waals surface area contributed by atoms with Crippen molar-refractivity contribution >= 4 is 0 Å². The summed E-state index contributed by atoms with van der Waals surface area (Å²) in [6.07, 6.45) is 3.94. The van der Waals surface area contributed by atoms with Crippen LogP contribution in [-0.4, -0.2) is 35.5 Å². The lowest BCUT2D eigenvalue weighted by atomic mass is 9.93. The Hall–Kier alpha value is -0.120. The van der Waals surface area contributed by atoms with Gasteiger partial charge in [0.25, 0.3) is 0 Å². The first-order valence-electron chi connectivity index (χ1n) is 6.45. The molecule has 1 aliphatic heterocycles. The van der Waals surface area contributed by atoms with Crippen LogP contribution in [0.2, 0.25) is 0 Å². The van der Waals surface area contributed by atoms with Gasteiger partial charge in [-0.05, 0) is 53.1 Å². The highest BCUT2D eigenvalue weighted by atomic mass is 16.5. The van der Waals surface area contributed by atoms with Gasteiger partial charge in [0.1, 0.15) is 0 Å². The Balaban J connectivity index is 2.29. The second-order valence-corrected chi connectivity index (χ2v) is 5.84. The van der Waals surface area contributed by atoms with E-state index in [0.29, 0.717) is 0 Å². The molecule has 3 nitrogen and oxygen atoms in total. The quantitative estimate of drug-likeness (QED) is 0.685. The molecule has 0 bridgehead atoms. The molecule has 96 valence electrons. The standard InChI is InChI=1S/C13H27NO2/c1-5-14-9-8-13(4,15)10-11-6-7-12(2,3)16-11/h11,14-15H,5-10H2,1-4H3. The van der Waals surface area contributed by atoms with Gasteiger partial charge in [-0.1, -0.05) is 6.92 Å². The Morgan fingerprint density at radius 1 is 1.50 bits per heavy atom. The number of nitrogens with one attached hydrogen (secondary N) is 1. The van der Waals surface area contributed by atoms with E-state index >= 15 is 0 Å². The first kappa shape index (κ1) is 13.9. The Morgan fingerprint density at radius 3 is 2.69 bits per heavy atom. The zero-order chi connectivity index (χ0) is 12.2. The van der Waals surface area contributed by atoms with Crippen LogP contribution in [0.5, 0.6) is 0 Å². The molecule has 3 heteroatoms. The summed E-state index contributed by atoms with van der Waals surface area (Å²) in [5, 5.41) is 13.5. The second-order valence-electron chi connectivity index (χ2n) is 5.84. The van der Waals surface area contributed by atoms with E-state index in [2.05, 4.69) is 26.1 Å². The molecule has 1 saturated heterocycles. The van der Waals surface area contributed by atoms with Gasteiger partial charge in [0.05, 0.1) is 17.3 Å². The van der Waals surface area contributed by atoms with Gasteiger partial charge in [0.15, 0.2) is 0 Å². The lowest BCUT2D eigenvalue weighted by molar-refractivity contribution is -0.0602. The molecular formula is C13H27NO2. The Morgan fingerprint density at radius 2 is 2.19 bits per heavy atom. The summed E-state index contributed by atoms with van der Waals surface area (Å²) < 4.78 is 5.91. The smallest absolute Gasteiger partial charge is 0.0656 e. The lowest BCUT2D eigenvalue weighted by Gasteiger charge is -2.28. The van der Waals surface area contributed by atoms with Gasteiger partial charge in [-0.3, -0.25) is 0 Å². The van der Waals surface area contributed by atoms with E-state index in [1.807, 2.05) is 6.92 Å². The van der Waals surface area contributed by atoms with Crippen LogP contribution in [0.1, 0.15) is 53.4 Å². The monoisotopic (exact) mass is 229 g/mol. The van der Waals surface area contributed by atoms with Gasteiger partial charge in [-0.2, -0.15) is 0 Å². The van der Waals surface area contributed by atoms with Crippen molar-refractivity contribution in [3.63, 3.8) is 0 Å². The van der Waals surface area contributed by atoms with Crippen LogP contribution in [0.4, 0.5) is 0 Å². The molecule has 0 aromatic rings. The molecule has 0 spiro atoms. The highest BCUT2D eigenvalue weighted by molar-refractivity contribution is 4.86. The summed E-state index contributed by atoms with van der Waals surface area (Å²) in [5.41, 5.74) is -0.602. The number of rotatable bonds is 6. The van der Waals surface area contributed by atoms with Crippen molar-refractivity contribution in [3.8, 4) is 0 Å². The molecule has 0 amide bonds. The normalized spacial score (nSPS) is 27.9. The van der Waals surface area contributed by atoms with Crippen LogP contribution in [0.3, 0.4) is 0 Å². The number of hydrogen-bond donors (Lipinski definition) is 2. The fourth-order valence-corrected chi connectivity index (χ4v) is 2.35. The average Bonchev–Trinajstić information content (AvgIpc) is 2.44. The van der Waals surface area contributed by atoms with Gasteiger partial charge in [0.2, 0.25) is 0 Å². The third-order valence-electron chi connectivity index (χ3n) is 3.31. The Labute approximate surface area is 99.6 Å².